The minimum atomic E-state index is 0.608. The fourth-order valence-electron chi connectivity index (χ4n) is 1.75. The van der Waals surface area contributed by atoms with Gasteiger partial charge in [-0.25, -0.2) is 0 Å². The number of nitrogen functional groups attached to an aromatic ring is 1. The number of nitrogens with two attached hydrogens (primary N) is 1. The predicted octanol–water partition coefficient (Wildman–Crippen LogP) is 2.00. The summed E-state index contributed by atoms with van der Waals surface area (Å²) in [5.74, 6) is 0.727. The van der Waals surface area contributed by atoms with Crippen LogP contribution in [0.25, 0.3) is 0 Å². The van der Waals surface area contributed by atoms with Gasteiger partial charge in [-0.05, 0) is 29.8 Å². The Morgan fingerprint density at radius 1 is 1.41 bits per heavy atom. The van der Waals surface area contributed by atoms with E-state index >= 15 is 0 Å². The molecule has 0 unspecified atom stereocenters. The van der Waals surface area contributed by atoms with Crippen molar-refractivity contribution in [3.8, 4) is 11.8 Å². The van der Waals surface area contributed by atoms with Crippen molar-refractivity contribution in [2.75, 3.05) is 12.8 Å². The van der Waals surface area contributed by atoms with Crippen molar-refractivity contribution >= 4 is 5.69 Å². The van der Waals surface area contributed by atoms with Crippen LogP contribution in [0, 0.1) is 11.3 Å². The zero-order valence-corrected chi connectivity index (χ0v) is 9.55. The largest absolute Gasteiger partial charge is 0.497 e. The van der Waals surface area contributed by atoms with Crippen molar-refractivity contribution in [2.24, 2.45) is 0 Å². The second-order valence-electron chi connectivity index (χ2n) is 3.75. The van der Waals surface area contributed by atoms with Crippen molar-refractivity contribution in [3.05, 3.63) is 47.8 Å². The van der Waals surface area contributed by atoms with Crippen LogP contribution in [0.3, 0.4) is 0 Å². The number of anilines is 1. The molecule has 2 rings (SSSR count). The molecule has 0 radical (unpaired) electrons. The molecule has 1 aromatic carbocycles. The van der Waals surface area contributed by atoms with Crippen LogP contribution in [-0.2, 0) is 6.54 Å². The van der Waals surface area contributed by atoms with Gasteiger partial charge in [0.15, 0.2) is 0 Å². The number of hydrogen-bond acceptors (Lipinski definition) is 3. The van der Waals surface area contributed by atoms with Crippen LogP contribution in [0.5, 0.6) is 5.75 Å². The Hall–Kier alpha value is -2.41. The van der Waals surface area contributed by atoms with Crippen molar-refractivity contribution in [2.45, 2.75) is 6.54 Å². The van der Waals surface area contributed by atoms with Crippen molar-refractivity contribution in [3.63, 3.8) is 0 Å². The molecule has 1 heterocycles. The number of ether oxygens (including phenoxy) is 1. The van der Waals surface area contributed by atoms with Gasteiger partial charge in [0, 0.05) is 24.5 Å². The van der Waals surface area contributed by atoms with Crippen LogP contribution < -0.4 is 10.5 Å². The molecule has 1 aromatic heterocycles. The fourth-order valence-corrected chi connectivity index (χ4v) is 1.75. The van der Waals surface area contributed by atoms with Crippen molar-refractivity contribution in [1.82, 2.24) is 4.57 Å². The van der Waals surface area contributed by atoms with Crippen LogP contribution >= 0.6 is 0 Å². The van der Waals surface area contributed by atoms with E-state index in [1.54, 1.807) is 19.2 Å². The van der Waals surface area contributed by atoms with E-state index < -0.39 is 0 Å². The highest BCUT2D eigenvalue weighted by molar-refractivity contribution is 5.47. The maximum atomic E-state index is 8.92. The number of benzene rings is 1. The molecule has 17 heavy (non-hydrogen) atoms. The number of methoxy groups -OCH3 is 1. The number of nitrogens with zero attached hydrogens (tertiary/aromatic N) is 2. The summed E-state index contributed by atoms with van der Waals surface area (Å²) in [4.78, 5) is 0. The molecule has 86 valence electrons. The summed E-state index contributed by atoms with van der Waals surface area (Å²) >= 11 is 0. The Morgan fingerprint density at radius 3 is 2.94 bits per heavy atom. The highest BCUT2D eigenvalue weighted by Crippen LogP contribution is 2.19. The van der Waals surface area contributed by atoms with Gasteiger partial charge in [-0.15, -0.1) is 0 Å². The fraction of sp³-hybridized carbons (Fsp3) is 0.154. The van der Waals surface area contributed by atoms with Gasteiger partial charge in [0.1, 0.15) is 17.5 Å². The molecule has 4 heteroatoms. The Balaban J connectivity index is 2.30. The van der Waals surface area contributed by atoms with Crippen LogP contribution in [-0.4, -0.2) is 11.7 Å². The molecule has 2 N–H and O–H groups in total. The molecule has 4 nitrogen and oxygen atoms in total. The van der Waals surface area contributed by atoms with E-state index in [1.165, 1.54) is 0 Å². The summed E-state index contributed by atoms with van der Waals surface area (Å²) in [6.45, 7) is 0.608. The highest BCUT2D eigenvalue weighted by Gasteiger charge is 2.03. The second-order valence-corrected chi connectivity index (χ2v) is 3.75. The van der Waals surface area contributed by atoms with Gasteiger partial charge >= 0.3 is 0 Å². The van der Waals surface area contributed by atoms with E-state index in [-0.39, 0.29) is 0 Å². The topological polar surface area (TPSA) is 64.0 Å². The molecular formula is C13H13N3O. The molecule has 0 aliphatic heterocycles. The zero-order chi connectivity index (χ0) is 12.3. The third-order valence-electron chi connectivity index (χ3n) is 2.52. The summed E-state index contributed by atoms with van der Waals surface area (Å²) in [7, 11) is 1.61. The first kappa shape index (κ1) is 11.1. The van der Waals surface area contributed by atoms with Gasteiger partial charge in [-0.2, -0.15) is 5.26 Å². The van der Waals surface area contributed by atoms with E-state index in [0.717, 1.165) is 11.3 Å². The molecule has 0 saturated heterocycles. The number of rotatable bonds is 3. The Labute approximate surface area is 99.8 Å². The first-order valence-electron chi connectivity index (χ1n) is 5.21. The average molecular weight is 227 g/mol. The molecule has 0 fully saturated rings. The van der Waals surface area contributed by atoms with Crippen LogP contribution in [0.1, 0.15) is 11.3 Å². The SMILES string of the molecule is COc1cc(N)cc(Cn2cccc2C#N)c1. The quantitative estimate of drug-likeness (QED) is 0.815. The molecule has 0 atom stereocenters. The average Bonchev–Trinajstić information content (AvgIpc) is 2.75. The summed E-state index contributed by atoms with van der Waals surface area (Å²) in [6, 6.07) is 11.3. The first-order valence-corrected chi connectivity index (χ1v) is 5.21. The highest BCUT2D eigenvalue weighted by atomic mass is 16.5. The third-order valence-corrected chi connectivity index (χ3v) is 2.52. The summed E-state index contributed by atoms with van der Waals surface area (Å²) in [6.07, 6.45) is 1.87. The molecule has 2 aromatic rings. The molecule has 0 spiro atoms. The molecule has 0 aliphatic rings. The van der Waals surface area contributed by atoms with Crippen LogP contribution in [0.15, 0.2) is 36.5 Å². The lowest BCUT2D eigenvalue weighted by Gasteiger charge is -2.08. The van der Waals surface area contributed by atoms with E-state index in [0.29, 0.717) is 17.9 Å². The predicted molar refractivity (Wildman–Crippen MR) is 65.7 cm³/mol. The molecule has 0 bridgehead atoms. The monoisotopic (exact) mass is 227 g/mol. The lowest BCUT2D eigenvalue weighted by atomic mass is 10.2. The third kappa shape index (κ3) is 2.40. The Morgan fingerprint density at radius 2 is 2.24 bits per heavy atom. The Kier molecular flexibility index (Phi) is 3.01. The van der Waals surface area contributed by atoms with Gasteiger partial charge in [0.25, 0.3) is 0 Å². The smallest absolute Gasteiger partial charge is 0.121 e. The van der Waals surface area contributed by atoms with Gasteiger partial charge in [-0.3, -0.25) is 0 Å². The summed E-state index contributed by atoms with van der Waals surface area (Å²) in [5.41, 5.74) is 8.08. The van der Waals surface area contributed by atoms with E-state index in [4.69, 9.17) is 15.7 Å². The number of nitriles is 1. The van der Waals surface area contributed by atoms with Crippen molar-refractivity contribution < 1.29 is 4.74 Å². The van der Waals surface area contributed by atoms with E-state index in [1.807, 2.05) is 29.0 Å². The van der Waals surface area contributed by atoms with E-state index in [2.05, 4.69) is 6.07 Å². The van der Waals surface area contributed by atoms with Gasteiger partial charge in [0.05, 0.1) is 7.11 Å². The van der Waals surface area contributed by atoms with Crippen LogP contribution in [0.2, 0.25) is 0 Å². The summed E-state index contributed by atoms with van der Waals surface area (Å²) < 4.78 is 7.03. The minimum Gasteiger partial charge on any atom is -0.497 e. The molecule has 0 saturated carbocycles. The maximum Gasteiger partial charge on any atom is 0.121 e. The summed E-state index contributed by atoms with van der Waals surface area (Å²) in [5, 5.41) is 8.92. The Bertz CT molecular complexity index is 566. The normalized spacial score (nSPS) is 9.88. The number of hydrogen-bond donors (Lipinski definition) is 1. The lowest BCUT2D eigenvalue weighted by Crippen LogP contribution is -2.02. The first-order chi connectivity index (χ1) is 8.22. The van der Waals surface area contributed by atoms with Crippen LogP contribution in [0.4, 0.5) is 5.69 Å². The van der Waals surface area contributed by atoms with Gasteiger partial charge in [-0.1, -0.05) is 0 Å². The zero-order valence-electron chi connectivity index (χ0n) is 9.55. The van der Waals surface area contributed by atoms with E-state index in [9.17, 15) is 0 Å². The van der Waals surface area contributed by atoms with Gasteiger partial charge in [0.2, 0.25) is 0 Å². The number of aromatic nitrogens is 1. The molecular weight excluding hydrogens is 214 g/mol. The maximum absolute atomic E-state index is 8.92. The van der Waals surface area contributed by atoms with Crippen molar-refractivity contribution in [1.29, 1.82) is 5.26 Å². The standard InChI is InChI=1S/C13H13N3O/c1-17-13-6-10(5-11(15)7-13)9-16-4-2-3-12(16)8-14/h2-7H,9,15H2,1H3. The molecule has 0 aliphatic carbocycles. The second kappa shape index (κ2) is 4.62. The molecule has 0 amide bonds. The lowest BCUT2D eigenvalue weighted by molar-refractivity contribution is 0.414. The van der Waals surface area contributed by atoms with Gasteiger partial charge < -0.3 is 15.0 Å². The minimum absolute atomic E-state index is 0.608.